The fourth-order valence-corrected chi connectivity index (χ4v) is 5.13. The Morgan fingerprint density at radius 1 is 0.971 bits per heavy atom. The number of alkyl carbamates (subject to hydrolysis) is 1. The van der Waals surface area contributed by atoms with Gasteiger partial charge in [-0.2, -0.15) is 0 Å². The van der Waals surface area contributed by atoms with Crippen molar-refractivity contribution in [2.45, 2.75) is 51.0 Å². The van der Waals surface area contributed by atoms with E-state index in [-0.39, 0.29) is 30.3 Å². The Balaban J connectivity index is 1.22. The molecule has 0 bridgehead atoms. The van der Waals surface area contributed by atoms with Gasteiger partial charge >= 0.3 is 12.1 Å². The summed E-state index contributed by atoms with van der Waals surface area (Å²) < 4.78 is 5.60. The van der Waals surface area contributed by atoms with E-state index in [0.29, 0.717) is 25.8 Å². The van der Waals surface area contributed by atoms with Crippen LogP contribution >= 0.6 is 0 Å². The van der Waals surface area contributed by atoms with Crippen molar-refractivity contribution >= 4 is 18.0 Å². The zero-order valence-corrected chi connectivity index (χ0v) is 19.5. The van der Waals surface area contributed by atoms with Gasteiger partial charge in [-0.1, -0.05) is 55.5 Å². The molecular weight excluding hydrogens is 432 g/mol. The van der Waals surface area contributed by atoms with Crippen molar-refractivity contribution in [2.24, 2.45) is 11.8 Å². The van der Waals surface area contributed by atoms with Crippen LogP contribution in [-0.4, -0.2) is 42.3 Å². The van der Waals surface area contributed by atoms with E-state index >= 15 is 0 Å². The molecule has 34 heavy (non-hydrogen) atoms. The normalized spacial score (nSPS) is 20.0. The Hall–Kier alpha value is -3.35. The Morgan fingerprint density at radius 3 is 2.12 bits per heavy atom. The van der Waals surface area contributed by atoms with Crippen LogP contribution in [0.4, 0.5) is 4.79 Å². The number of carboxylic acid groups (broad SMARTS) is 1. The first kappa shape index (κ1) is 23.8. The zero-order chi connectivity index (χ0) is 24.1. The fraction of sp³-hybridized carbons (Fsp3) is 0.444. The van der Waals surface area contributed by atoms with E-state index < -0.39 is 18.1 Å². The number of rotatable bonds is 8. The maximum absolute atomic E-state index is 12.4. The quantitative estimate of drug-likeness (QED) is 0.540. The van der Waals surface area contributed by atoms with Crippen LogP contribution < -0.4 is 10.6 Å². The molecule has 2 aromatic carbocycles. The topological polar surface area (TPSA) is 105 Å². The summed E-state index contributed by atoms with van der Waals surface area (Å²) >= 11 is 0. The number of hydrogen-bond acceptors (Lipinski definition) is 4. The molecule has 2 aromatic rings. The standard InChI is InChI=1S/C27H32N2O5/c1-2-24(26(31)32)29-25(30)18-13-11-17(12-14-18)15-28-27(33)34-16-23-21-9-5-3-7-19(21)20-8-4-6-10-22(20)23/h3-10,17-18,23-24H,2,11-16H2,1H3,(H,28,33)(H,29,30)(H,31,32)/t17?,18?,24-/m0/s1. The van der Waals surface area contributed by atoms with E-state index in [1.54, 1.807) is 6.92 Å². The van der Waals surface area contributed by atoms with Gasteiger partial charge in [0.1, 0.15) is 12.6 Å². The van der Waals surface area contributed by atoms with E-state index in [0.717, 1.165) is 12.8 Å². The number of hydrogen-bond donors (Lipinski definition) is 3. The van der Waals surface area contributed by atoms with E-state index in [4.69, 9.17) is 9.84 Å². The number of carbonyl (C=O) groups is 3. The Labute approximate surface area is 199 Å². The van der Waals surface area contributed by atoms with Gasteiger partial charge in [-0.05, 0) is 60.3 Å². The lowest BCUT2D eigenvalue weighted by molar-refractivity contribution is -0.142. The molecule has 1 saturated carbocycles. The van der Waals surface area contributed by atoms with Crippen LogP contribution in [0.5, 0.6) is 0 Å². The second-order valence-electron chi connectivity index (χ2n) is 9.23. The molecular formula is C27H32N2O5. The van der Waals surface area contributed by atoms with E-state index in [2.05, 4.69) is 34.9 Å². The SMILES string of the molecule is CC[C@H](NC(=O)C1CCC(CNC(=O)OCC2c3ccccc3-c3ccccc32)CC1)C(=O)O. The number of benzene rings is 2. The Morgan fingerprint density at radius 2 is 1.56 bits per heavy atom. The first-order valence-corrected chi connectivity index (χ1v) is 12.1. The van der Waals surface area contributed by atoms with Crippen LogP contribution in [0.2, 0.25) is 0 Å². The molecule has 1 fully saturated rings. The van der Waals surface area contributed by atoms with E-state index in [1.807, 2.05) is 24.3 Å². The summed E-state index contributed by atoms with van der Waals surface area (Å²) in [5, 5.41) is 14.6. The van der Waals surface area contributed by atoms with Crippen molar-refractivity contribution < 1.29 is 24.2 Å². The molecule has 2 amide bonds. The summed E-state index contributed by atoms with van der Waals surface area (Å²) in [6.07, 6.45) is 2.95. The highest BCUT2D eigenvalue weighted by molar-refractivity contribution is 5.85. The third-order valence-electron chi connectivity index (χ3n) is 7.12. The minimum atomic E-state index is -1.00. The third-order valence-corrected chi connectivity index (χ3v) is 7.12. The van der Waals surface area contributed by atoms with Gasteiger partial charge < -0.3 is 20.5 Å². The molecule has 3 N–H and O–H groups in total. The van der Waals surface area contributed by atoms with Gasteiger partial charge in [0, 0.05) is 18.4 Å². The average molecular weight is 465 g/mol. The third kappa shape index (κ3) is 5.24. The monoisotopic (exact) mass is 464 g/mol. The van der Waals surface area contributed by atoms with Gasteiger partial charge in [0.15, 0.2) is 0 Å². The smallest absolute Gasteiger partial charge is 0.407 e. The fourth-order valence-electron chi connectivity index (χ4n) is 5.13. The van der Waals surface area contributed by atoms with Crippen molar-refractivity contribution in [1.29, 1.82) is 0 Å². The summed E-state index contributed by atoms with van der Waals surface area (Å²) in [5.74, 6) is -1.04. The zero-order valence-electron chi connectivity index (χ0n) is 19.5. The van der Waals surface area contributed by atoms with Crippen LogP contribution in [-0.2, 0) is 14.3 Å². The molecule has 2 aliphatic rings. The van der Waals surface area contributed by atoms with Gasteiger partial charge in [0.25, 0.3) is 0 Å². The summed E-state index contributed by atoms with van der Waals surface area (Å²) in [6, 6.07) is 15.6. The second kappa shape index (κ2) is 10.7. The molecule has 0 radical (unpaired) electrons. The second-order valence-corrected chi connectivity index (χ2v) is 9.23. The van der Waals surface area contributed by atoms with Crippen LogP contribution in [0.1, 0.15) is 56.1 Å². The molecule has 0 spiro atoms. The van der Waals surface area contributed by atoms with Gasteiger partial charge in [-0.25, -0.2) is 9.59 Å². The summed E-state index contributed by atoms with van der Waals surface area (Å²) in [5.41, 5.74) is 4.76. The number of ether oxygens (including phenoxy) is 1. The summed E-state index contributed by atoms with van der Waals surface area (Å²) in [7, 11) is 0. The maximum atomic E-state index is 12.4. The average Bonchev–Trinajstić information content (AvgIpc) is 3.18. The first-order valence-electron chi connectivity index (χ1n) is 12.1. The summed E-state index contributed by atoms with van der Waals surface area (Å²) in [6.45, 7) is 2.54. The molecule has 4 rings (SSSR count). The molecule has 7 nitrogen and oxygen atoms in total. The van der Waals surface area contributed by atoms with Crippen molar-refractivity contribution in [3.8, 4) is 11.1 Å². The largest absolute Gasteiger partial charge is 0.480 e. The number of aliphatic carboxylic acids is 1. The molecule has 180 valence electrons. The molecule has 2 aliphatic carbocycles. The maximum Gasteiger partial charge on any atom is 0.407 e. The highest BCUT2D eigenvalue weighted by Crippen LogP contribution is 2.44. The Kier molecular flexibility index (Phi) is 7.50. The summed E-state index contributed by atoms with van der Waals surface area (Å²) in [4.78, 5) is 35.9. The highest BCUT2D eigenvalue weighted by Gasteiger charge is 2.30. The predicted octanol–water partition coefficient (Wildman–Crippen LogP) is 4.31. The number of fused-ring (bicyclic) bond motifs is 3. The minimum Gasteiger partial charge on any atom is -0.480 e. The molecule has 0 heterocycles. The predicted molar refractivity (Wildman–Crippen MR) is 128 cm³/mol. The molecule has 7 heteroatoms. The van der Waals surface area contributed by atoms with E-state index in [9.17, 15) is 14.4 Å². The number of carbonyl (C=O) groups excluding carboxylic acids is 2. The van der Waals surface area contributed by atoms with Gasteiger partial charge in [0.2, 0.25) is 5.91 Å². The minimum absolute atomic E-state index is 0.0323. The molecule has 0 saturated heterocycles. The van der Waals surface area contributed by atoms with Crippen molar-refractivity contribution in [1.82, 2.24) is 10.6 Å². The Bertz CT molecular complexity index is 999. The number of amides is 2. The van der Waals surface area contributed by atoms with Crippen LogP contribution in [0.15, 0.2) is 48.5 Å². The lowest BCUT2D eigenvalue weighted by Gasteiger charge is -2.28. The molecule has 0 unspecified atom stereocenters. The first-order chi connectivity index (χ1) is 16.5. The highest BCUT2D eigenvalue weighted by atomic mass is 16.5. The van der Waals surface area contributed by atoms with Crippen LogP contribution in [0.25, 0.3) is 11.1 Å². The lowest BCUT2D eigenvalue weighted by atomic mass is 9.81. The number of nitrogens with one attached hydrogen (secondary N) is 2. The van der Waals surface area contributed by atoms with Crippen LogP contribution in [0, 0.1) is 11.8 Å². The van der Waals surface area contributed by atoms with Crippen molar-refractivity contribution in [3.63, 3.8) is 0 Å². The van der Waals surface area contributed by atoms with Gasteiger partial charge in [0.05, 0.1) is 0 Å². The molecule has 1 atom stereocenters. The molecule has 0 aromatic heterocycles. The van der Waals surface area contributed by atoms with E-state index in [1.165, 1.54) is 22.3 Å². The van der Waals surface area contributed by atoms with Crippen molar-refractivity contribution in [2.75, 3.05) is 13.2 Å². The molecule has 0 aliphatic heterocycles. The van der Waals surface area contributed by atoms with Crippen LogP contribution in [0.3, 0.4) is 0 Å². The number of carboxylic acids is 1. The van der Waals surface area contributed by atoms with Gasteiger partial charge in [-0.3, -0.25) is 4.79 Å². The van der Waals surface area contributed by atoms with Gasteiger partial charge in [-0.15, -0.1) is 0 Å². The lowest BCUT2D eigenvalue weighted by Crippen LogP contribution is -2.44. The van der Waals surface area contributed by atoms with Crippen molar-refractivity contribution in [3.05, 3.63) is 59.7 Å².